The molecule has 0 radical (unpaired) electrons. The van der Waals surface area contributed by atoms with Crippen LogP contribution in [-0.4, -0.2) is 22.0 Å². The molecule has 25 heavy (non-hydrogen) atoms. The summed E-state index contributed by atoms with van der Waals surface area (Å²) in [4.78, 5) is 15.2. The molecule has 1 saturated carbocycles. The maximum atomic E-state index is 13.1. The second-order valence-electron chi connectivity index (χ2n) is 6.99. The number of benzene rings is 1. The Morgan fingerprint density at radius 2 is 2.16 bits per heavy atom. The topological polar surface area (TPSA) is 70.1 Å². The van der Waals surface area contributed by atoms with E-state index in [0.29, 0.717) is 23.1 Å². The average molecular weight is 335 g/mol. The van der Waals surface area contributed by atoms with Crippen molar-refractivity contribution in [2.45, 2.75) is 57.5 Å². The van der Waals surface area contributed by atoms with E-state index < -0.39 is 0 Å². The fraction of sp³-hybridized carbons (Fsp3) is 0.450. The summed E-state index contributed by atoms with van der Waals surface area (Å²) < 4.78 is 5.10. The number of carbonyl (C=O) groups is 1. The van der Waals surface area contributed by atoms with Gasteiger partial charge in [-0.05, 0) is 50.2 Å². The number of nitriles is 1. The van der Waals surface area contributed by atoms with Crippen LogP contribution in [0.2, 0.25) is 0 Å². The summed E-state index contributed by atoms with van der Waals surface area (Å²) >= 11 is 0. The molecule has 2 aliphatic carbocycles. The van der Waals surface area contributed by atoms with E-state index in [-0.39, 0.29) is 18.4 Å². The molecule has 1 amide bonds. The van der Waals surface area contributed by atoms with Crippen molar-refractivity contribution in [2.75, 3.05) is 0 Å². The molecular formula is C20H21N3O2. The van der Waals surface area contributed by atoms with Crippen molar-refractivity contribution in [3.8, 4) is 6.07 Å². The third kappa shape index (κ3) is 2.93. The molecule has 1 atom stereocenters. The minimum atomic E-state index is 0.0500. The van der Waals surface area contributed by atoms with E-state index in [9.17, 15) is 10.1 Å². The molecule has 0 unspecified atom stereocenters. The van der Waals surface area contributed by atoms with Gasteiger partial charge in [-0.2, -0.15) is 5.26 Å². The van der Waals surface area contributed by atoms with Gasteiger partial charge in [-0.1, -0.05) is 29.4 Å². The predicted octanol–water partition coefficient (Wildman–Crippen LogP) is 3.47. The number of hydrogen-bond acceptors (Lipinski definition) is 4. The van der Waals surface area contributed by atoms with Crippen LogP contribution in [0.4, 0.5) is 0 Å². The average Bonchev–Trinajstić information content (AvgIpc) is 3.39. The normalized spacial score (nSPS) is 19.1. The smallest absolute Gasteiger partial charge is 0.229 e. The third-order valence-corrected chi connectivity index (χ3v) is 5.27. The SMILES string of the molecule is Cc1onc(CC(=O)N(C2CC2)[C@@H]2CCCc3ccccc32)c1C#N. The van der Waals surface area contributed by atoms with Gasteiger partial charge in [0.2, 0.25) is 5.91 Å². The Morgan fingerprint density at radius 1 is 1.36 bits per heavy atom. The Bertz CT molecular complexity index is 845. The lowest BCUT2D eigenvalue weighted by Gasteiger charge is -2.36. The molecule has 5 nitrogen and oxygen atoms in total. The molecule has 5 heteroatoms. The van der Waals surface area contributed by atoms with E-state index in [2.05, 4.69) is 40.4 Å². The Kier molecular flexibility index (Phi) is 4.04. The fourth-order valence-corrected chi connectivity index (χ4v) is 3.92. The van der Waals surface area contributed by atoms with Gasteiger partial charge in [0.05, 0.1) is 12.5 Å². The largest absolute Gasteiger partial charge is 0.360 e. The maximum absolute atomic E-state index is 13.1. The molecule has 0 spiro atoms. The van der Waals surface area contributed by atoms with Crippen LogP contribution in [0.1, 0.15) is 59.9 Å². The summed E-state index contributed by atoms with van der Waals surface area (Å²) in [7, 11) is 0. The minimum absolute atomic E-state index is 0.0500. The lowest BCUT2D eigenvalue weighted by atomic mass is 9.86. The highest BCUT2D eigenvalue weighted by molar-refractivity contribution is 5.80. The number of aromatic nitrogens is 1. The summed E-state index contributed by atoms with van der Waals surface area (Å²) in [6.45, 7) is 1.70. The van der Waals surface area contributed by atoms with Crippen LogP contribution < -0.4 is 0 Å². The van der Waals surface area contributed by atoms with Crippen LogP contribution in [0.25, 0.3) is 0 Å². The minimum Gasteiger partial charge on any atom is -0.360 e. The zero-order valence-electron chi connectivity index (χ0n) is 14.4. The molecule has 0 bridgehead atoms. The van der Waals surface area contributed by atoms with Crippen molar-refractivity contribution in [3.63, 3.8) is 0 Å². The molecule has 4 rings (SSSR count). The highest BCUT2D eigenvalue weighted by Gasteiger charge is 2.39. The van der Waals surface area contributed by atoms with Crippen molar-refractivity contribution in [3.05, 3.63) is 52.4 Å². The number of rotatable bonds is 4. The highest BCUT2D eigenvalue weighted by atomic mass is 16.5. The summed E-state index contributed by atoms with van der Waals surface area (Å²) in [5.74, 6) is 0.528. The van der Waals surface area contributed by atoms with Crippen LogP contribution in [0.5, 0.6) is 0 Å². The number of hydrogen-bond donors (Lipinski definition) is 0. The molecule has 1 heterocycles. The number of amides is 1. The molecule has 0 aliphatic heterocycles. The summed E-state index contributed by atoms with van der Waals surface area (Å²) in [6.07, 6.45) is 5.45. The van der Waals surface area contributed by atoms with E-state index in [1.54, 1.807) is 6.92 Å². The van der Waals surface area contributed by atoms with Gasteiger partial charge in [-0.25, -0.2) is 0 Å². The Hall–Kier alpha value is -2.61. The maximum Gasteiger partial charge on any atom is 0.229 e. The van der Waals surface area contributed by atoms with Crippen molar-refractivity contribution in [2.24, 2.45) is 0 Å². The van der Waals surface area contributed by atoms with E-state index in [4.69, 9.17) is 4.52 Å². The standard InChI is InChI=1S/C20H21N3O2/c1-13-17(12-21)18(22-25-13)11-20(24)23(15-9-10-15)19-8-4-6-14-5-2-3-7-16(14)19/h2-3,5,7,15,19H,4,6,8-11H2,1H3/t19-/m1/s1. The summed E-state index contributed by atoms with van der Waals surface area (Å²) in [5, 5.41) is 13.2. The molecule has 2 aromatic rings. The zero-order chi connectivity index (χ0) is 17.4. The molecule has 0 N–H and O–H groups in total. The Morgan fingerprint density at radius 3 is 2.92 bits per heavy atom. The molecule has 1 fully saturated rings. The quantitative estimate of drug-likeness (QED) is 0.858. The van der Waals surface area contributed by atoms with Crippen LogP contribution in [0.15, 0.2) is 28.8 Å². The zero-order valence-corrected chi connectivity index (χ0v) is 14.4. The monoisotopic (exact) mass is 335 g/mol. The van der Waals surface area contributed by atoms with E-state index in [0.717, 1.165) is 32.1 Å². The van der Waals surface area contributed by atoms with Crippen molar-refractivity contribution in [1.29, 1.82) is 5.26 Å². The van der Waals surface area contributed by atoms with Crippen molar-refractivity contribution >= 4 is 5.91 Å². The lowest BCUT2D eigenvalue weighted by molar-refractivity contribution is -0.134. The van der Waals surface area contributed by atoms with Crippen LogP contribution >= 0.6 is 0 Å². The summed E-state index contributed by atoms with van der Waals surface area (Å²) in [5.41, 5.74) is 3.49. The van der Waals surface area contributed by atoms with Gasteiger partial charge >= 0.3 is 0 Å². The van der Waals surface area contributed by atoms with Gasteiger partial charge in [0.25, 0.3) is 0 Å². The van der Waals surface area contributed by atoms with Gasteiger partial charge in [0, 0.05) is 6.04 Å². The first-order chi connectivity index (χ1) is 12.2. The first kappa shape index (κ1) is 15.9. The van der Waals surface area contributed by atoms with Gasteiger partial charge in [0.1, 0.15) is 17.3 Å². The van der Waals surface area contributed by atoms with Crippen molar-refractivity contribution in [1.82, 2.24) is 10.1 Å². The molecular weight excluding hydrogens is 314 g/mol. The summed E-state index contributed by atoms with van der Waals surface area (Å²) in [6, 6.07) is 11.0. The van der Waals surface area contributed by atoms with Crippen LogP contribution in [0, 0.1) is 18.3 Å². The van der Waals surface area contributed by atoms with Gasteiger partial charge in [0.15, 0.2) is 5.76 Å². The van der Waals surface area contributed by atoms with E-state index >= 15 is 0 Å². The second kappa shape index (κ2) is 6.36. The Balaban J connectivity index is 1.62. The third-order valence-electron chi connectivity index (χ3n) is 5.27. The molecule has 1 aromatic carbocycles. The first-order valence-electron chi connectivity index (χ1n) is 8.93. The lowest BCUT2D eigenvalue weighted by Crippen LogP contribution is -2.39. The number of carbonyl (C=O) groups excluding carboxylic acids is 1. The van der Waals surface area contributed by atoms with Crippen LogP contribution in [0.3, 0.4) is 0 Å². The molecule has 2 aliphatic rings. The fourth-order valence-electron chi connectivity index (χ4n) is 3.92. The Labute approximate surface area is 147 Å². The van der Waals surface area contributed by atoms with E-state index in [1.165, 1.54) is 11.1 Å². The molecule has 0 saturated heterocycles. The van der Waals surface area contributed by atoms with Crippen molar-refractivity contribution < 1.29 is 9.32 Å². The molecule has 128 valence electrons. The van der Waals surface area contributed by atoms with Crippen LogP contribution in [-0.2, 0) is 17.6 Å². The van der Waals surface area contributed by atoms with Gasteiger partial charge < -0.3 is 9.42 Å². The predicted molar refractivity (Wildman–Crippen MR) is 91.6 cm³/mol. The van der Waals surface area contributed by atoms with E-state index in [1.807, 2.05) is 0 Å². The number of aryl methyl sites for hydroxylation is 2. The molecule has 1 aromatic heterocycles. The number of fused-ring (bicyclic) bond motifs is 1. The van der Waals surface area contributed by atoms with Gasteiger partial charge in [-0.15, -0.1) is 0 Å². The van der Waals surface area contributed by atoms with Gasteiger partial charge in [-0.3, -0.25) is 4.79 Å². The second-order valence-corrected chi connectivity index (χ2v) is 6.99. The first-order valence-corrected chi connectivity index (χ1v) is 8.93. The number of nitrogens with zero attached hydrogens (tertiary/aromatic N) is 3. The highest BCUT2D eigenvalue weighted by Crippen LogP contribution is 2.41.